The molecule has 3 fully saturated rings. The zero-order chi connectivity index (χ0) is 19.4. The second-order valence-corrected chi connectivity index (χ2v) is 39.2. The van der Waals surface area contributed by atoms with E-state index in [2.05, 4.69) is 18.7 Å². The molecule has 0 saturated carbocycles. The fourth-order valence-corrected chi connectivity index (χ4v) is 60.8. The van der Waals surface area contributed by atoms with Crippen LogP contribution in [0.25, 0.3) is 0 Å². The van der Waals surface area contributed by atoms with Gasteiger partial charge in [0.05, 0.1) is 0 Å². The molecule has 4 nitrogen and oxygen atoms in total. The van der Waals surface area contributed by atoms with Crippen LogP contribution in [0.15, 0.2) is 0 Å². The number of hydrogen-bond acceptors (Lipinski definition) is 7. The van der Waals surface area contributed by atoms with E-state index < -0.39 is 20.3 Å². The van der Waals surface area contributed by atoms with Gasteiger partial charge in [-0.1, -0.05) is 0 Å². The van der Waals surface area contributed by atoms with Gasteiger partial charge in [0, 0.05) is 0 Å². The van der Waals surface area contributed by atoms with E-state index in [9.17, 15) is 0 Å². The summed E-state index contributed by atoms with van der Waals surface area (Å²) in [6.45, 7) is 9.88. The van der Waals surface area contributed by atoms with Gasteiger partial charge in [-0.25, -0.2) is 0 Å². The van der Waals surface area contributed by atoms with Crippen LogP contribution in [-0.2, 0) is 25.6 Å². The van der Waals surface area contributed by atoms with Crippen LogP contribution in [0.2, 0.25) is 8.94 Å². The van der Waals surface area contributed by atoms with Crippen LogP contribution in [-0.4, -0.2) is 63.4 Å². The molecule has 0 N–H and O–H groups in total. The van der Waals surface area contributed by atoms with Crippen LogP contribution in [0.4, 0.5) is 0 Å². The van der Waals surface area contributed by atoms with Crippen molar-refractivity contribution in [2.24, 2.45) is 5.41 Å². The van der Waals surface area contributed by atoms with Crippen molar-refractivity contribution in [2.75, 3.05) is 39.5 Å². The molecule has 3 heterocycles. The number of nitrogens with zero attached hydrogens (tertiary/aromatic N) is 1. The molecule has 27 heavy (non-hydrogen) atoms. The van der Waals surface area contributed by atoms with Crippen molar-refractivity contribution in [3.05, 3.63) is 0 Å². The zero-order valence-electron chi connectivity index (χ0n) is 16.1. The van der Waals surface area contributed by atoms with Crippen molar-refractivity contribution in [3.8, 4) is 0 Å². The van der Waals surface area contributed by atoms with Crippen molar-refractivity contribution in [3.63, 3.8) is 0 Å². The Morgan fingerprint density at radius 3 is 2.41 bits per heavy atom. The number of thiocarbonyl (C=S) groups is 1. The molecule has 3 rings (SSSR count). The molecule has 0 atom stereocenters. The van der Waals surface area contributed by atoms with Crippen molar-refractivity contribution in [1.29, 1.82) is 0 Å². The molecule has 0 spiro atoms. The molecule has 0 radical (unpaired) electrons. The molecule has 3 aliphatic rings. The van der Waals surface area contributed by atoms with Gasteiger partial charge < -0.3 is 0 Å². The Hall–Kier alpha value is 2.13. The van der Waals surface area contributed by atoms with Crippen LogP contribution < -0.4 is 0 Å². The predicted molar refractivity (Wildman–Crippen MR) is 132 cm³/mol. The van der Waals surface area contributed by atoms with E-state index in [1.807, 2.05) is 26.7 Å². The molecule has 0 aromatic carbocycles. The fraction of sp³-hybridized carbons (Fsp3) is 0.938. The second kappa shape index (κ2) is 10.6. The number of likely N-dealkylation sites (tertiary alicyclic amines) is 1. The first-order valence-electron chi connectivity index (χ1n) is 9.49. The maximum atomic E-state index is 6.28. The van der Waals surface area contributed by atoms with Crippen LogP contribution in [0.5, 0.6) is 0 Å². The third-order valence-electron chi connectivity index (χ3n) is 4.89. The molecule has 0 amide bonds. The molecule has 0 aromatic rings. The van der Waals surface area contributed by atoms with E-state index in [1.165, 1.54) is 12.8 Å². The van der Waals surface area contributed by atoms with Crippen LogP contribution >= 0.6 is 44.6 Å². The van der Waals surface area contributed by atoms with E-state index in [1.54, 1.807) is 0 Å². The fourth-order valence-electron chi connectivity index (χ4n) is 3.28. The Morgan fingerprint density at radius 1 is 1.19 bits per heavy atom. The van der Waals surface area contributed by atoms with E-state index >= 15 is 0 Å². The maximum absolute atomic E-state index is 6.28. The molecule has 0 aromatic heterocycles. The van der Waals surface area contributed by atoms with Gasteiger partial charge in [-0.3, -0.25) is 0 Å². The SMILES string of the molecule is CCCC1(C)COP(=S)(S#[Te]2(SSC(=S)N3CCCC3)CCOCC2)OC1. The Kier molecular flexibility index (Phi) is 9.37. The molecular formula is C16H30NO3PS5Te. The van der Waals surface area contributed by atoms with Crippen LogP contribution in [0, 0.1) is 5.41 Å². The average molecular weight is 603 g/mol. The van der Waals surface area contributed by atoms with E-state index in [-0.39, 0.29) is 5.41 Å². The van der Waals surface area contributed by atoms with Gasteiger partial charge >= 0.3 is 187 Å². The number of ether oxygens (including phenoxy) is 1. The predicted octanol–water partition coefficient (Wildman–Crippen LogP) is 6.03. The van der Waals surface area contributed by atoms with Gasteiger partial charge in [0.1, 0.15) is 0 Å². The third kappa shape index (κ3) is 6.80. The molecular weight excluding hydrogens is 573 g/mol. The number of hydrogen-bond donors (Lipinski definition) is 0. The standard InChI is InChI=1S/C16H30NO3PS5Te/c1-3-6-16(2)13-19-21(23,20-14-16)25-27(11-9-18-10-12-27)26-24-15(22)17-7-4-5-8-17/h3-14H2,1-2H3. The third-order valence-corrected chi connectivity index (χ3v) is 51.3. The summed E-state index contributed by atoms with van der Waals surface area (Å²) < 4.78 is 21.6. The van der Waals surface area contributed by atoms with Gasteiger partial charge in [0.2, 0.25) is 0 Å². The van der Waals surface area contributed by atoms with Gasteiger partial charge in [-0.15, -0.1) is 0 Å². The minimum absolute atomic E-state index is 0.118. The zero-order valence-corrected chi connectivity index (χ0v) is 23.4. The average Bonchev–Trinajstić information content (AvgIpc) is 3.19. The summed E-state index contributed by atoms with van der Waals surface area (Å²) in [7, 11) is 5.82. The topological polar surface area (TPSA) is 30.9 Å². The van der Waals surface area contributed by atoms with Gasteiger partial charge in [0.15, 0.2) is 0 Å². The van der Waals surface area contributed by atoms with Gasteiger partial charge in [0.25, 0.3) is 0 Å². The first-order valence-corrected chi connectivity index (χ1v) is 25.0. The summed E-state index contributed by atoms with van der Waals surface area (Å²) in [4.78, 5) is 2.36. The van der Waals surface area contributed by atoms with E-state index in [0.29, 0.717) is 0 Å². The summed E-state index contributed by atoms with van der Waals surface area (Å²) in [6, 6.07) is 0. The van der Waals surface area contributed by atoms with Crippen molar-refractivity contribution >= 4 is 75.3 Å². The van der Waals surface area contributed by atoms with Crippen molar-refractivity contribution in [1.82, 2.24) is 4.90 Å². The molecule has 3 aliphatic heterocycles. The van der Waals surface area contributed by atoms with E-state index in [4.69, 9.17) is 37.8 Å². The van der Waals surface area contributed by atoms with Gasteiger partial charge in [-0.05, 0) is 0 Å². The Balaban J connectivity index is 1.73. The monoisotopic (exact) mass is 605 g/mol. The molecule has 158 valence electrons. The first-order chi connectivity index (χ1) is 12.9. The minimum atomic E-state index is -2.40. The van der Waals surface area contributed by atoms with E-state index in [0.717, 1.165) is 65.6 Å². The Morgan fingerprint density at radius 2 is 1.81 bits per heavy atom. The summed E-state index contributed by atoms with van der Waals surface area (Å²) in [6.07, 6.45) is 4.81. The molecule has 11 heteroatoms. The molecule has 3 saturated heterocycles. The van der Waals surface area contributed by atoms with Gasteiger partial charge in [-0.2, -0.15) is 0 Å². The Labute approximate surface area is 185 Å². The Bertz CT molecular complexity index is 691. The quantitative estimate of drug-likeness (QED) is 0.167. The van der Waals surface area contributed by atoms with Crippen molar-refractivity contribution in [2.45, 2.75) is 48.5 Å². The molecule has 0 unspecified atom stereocenters. The number of rotatable bonds is 3. The molecule has 0 bridgehead atoms. The normalized spacial score (nSPS) is 33.8. The summed E-state index contributed by atoms with van der Waals surface area (Å²) in [5.74, 6) is 0. The van der Waals surface area contributed by atoms with Crippen molar-refractivity contribution < 1.29 is 13.8 Å². The summed E-state index contributed by atoms with van der Waals surface area (Å²) in [5.41, 5.74) is -2.13. The summed E-state index contributed by atoms with van der Waals surface area (Å²) >= 11 is 9.25. The van der Waals surface area contributed by atoms with Crippen LogP contribution in [0.1, 0.15) is 39.5 Å². The first kappa shape index (κ1) is 23.8. The second-order valence-electron chi connectivity index (χ2n) is 7.50. The molecule has 0 aliphatic carbocycles. The summed E-state index contributed by atoms with van der Waals surface area (Å²) in [5, 5.41) is 0. The van der Waals surface area contributed by atoms with Crippen LogP contribution in [0.3, 0.4) is 0 Å².